The Morgan fingerprint density at radius 3 is 2.27 bits per heavy atom. The molecule has 226 valence electrons. The minimum Gasteiger partial charge on any atom is -0.396 e. The molecule has 0 aliphatic heterocycles. The number of aliphatic hydroxyl groups excluding tert-OH is 2. The Morgan fingerprint density at radius 1 is 0.925 bits per heavy atom. The summed E-state index contributed by atoms with van der Waals surface area (Å²) in [5, 5.41) is 20.3. The lowest BCUT2D eigenvalue weighted by Crippen LogP contribution is -2.70. The van der Waals surface area contributed by atoms with Gasteiger partial charge in [0.05, 0.1) is 0 Å². The molecule has 0 spiro atoms. The molecule has 0 aromatic rings. The molecule has 40 heavy (non-hydrogen) atoms. The van der Waals surface area contributed by atoms with E-state index in [0.717, 1.165) is 76.2 Å². The van der Waals surface area contributed by atoms with Gasteiger partial charge in [-0.25, -0.2) is 0 Å². The first kappa shape index (κ1) is 30.5. The fourth-order valence-corrected chi connectivity index (χ4v) is 12.3. The number of hydrogen-bond acceptors (Lipinski definition) is 4. The van der Waals surface area contributed by atoms with E-state index >= 15 is 0 Å². The summed E-state index contributed by atoms with van der Waals surface area (Å²) in [5.41, 5.74) is 0.526. The molecule has 0 aromatic carbocycles. The van der Waals surface area contributed by atoms with Gasteiger partial charge >= 0.3 is 0 Å². The van der Waals surface area contributed by atoms with Gasteiger partial charge in [-0.1, -0.05) is 61.0 Å². The van der Waals surface area contributed by atoms with Gasteiger partial charge in [-0.15, -0.1) is 0 Å². The molecule has 0 heterocycles. The number of carbonyl (C=O) groups excluding carboxylic acids is 2. The predicted octanol–water partition coefficient (Wildman–Crippen LogP) is 7.70. The van der Waals surface area contributed by atoms with Crippen LogP contribution in [-0.4, -0.2) is 35.0 Å². The number of rotatable bonds is 6. The van der Waals surface area contributed by atoms with Gasteiger partial charge in [0.2, 0.25) is 0 Å². The van der Waals surface area contributed by atoms with Crippen LogP contribution in [0, 0.1) is 56.2 Å². The zero-order valence-corrected chi connectivity index (χ0v) is 26.7. The van der Waals surface area contributed by atoms with E-state index < -0.39 is 5.41 Å². The van der Waals surface area contributed by atoms with Gasteiger partial charge in [0, 0.05) is 31.0 Å². The van der Waals surface area contributed by atoms with Gasteiger partial charge in [0.25, 0.3) is 0 Å². The smallest absolute Gasteiger partial charge is 0.164 e. The first-order valence-electron chi connectivity index (χ1n) is 16.7. The maximum Gasteiger partial charge on any atom is 0.164 e. The van der Waals surface area contributed by atoms with Crippen LogP contribution in [0.15, 0.2) is 11.6 Å². The Labute approximate surface area is 244 Å². The quantitative estimate of drug-likeness (QED) is 0.261. The van der Waals surface area contributed by atoms with E-state index in [4.69, 9.17) is 0 Å². The molecule has 5 aliphatic rings. The van der Waals surface area contributed by atoms with Crippen molar-refractivity contribution in [2.75, 3.05) is 13.2 Å². The molecule has 5 saturated carbocycles. The molecule has 0 amide bonds. The lowest BCUT2D eigenvalue weighted by Gasteiger charge is -2.73. The van der Waals surface area contributed by atoms with Crippen LogP contribution in [0.3, 0.4) is 0 Å². The Hall–Kier alpha value is -1.00. The molecule has 5 aliphatic carbocycles. The largest absolute Gasteiger partial charge is 0.396 e. The van der Waals surface area contributed by atoms with Crippen LogP contribution >= 0.6 is 0 Å². The fraction of sp³-hybridized carbons (Fsp3) is 0.889. The molecule has 0 saturated heterocycles. The summed E-state index contributed by atoms with van der Waals surface area (Å²) in [4.78, 5) is 28.6. The van der Waals surface area contributed by atoms with Gasteiger partial charge in [-0.3, -0.25) is 9.59 Å². The number of hydrogen-bond donors (Lipinski definition) is 2. The normalized spacial score (nSPS) is 46.8. The number of unbranched alkanes of at least 4 members (excludes halogenated alkanes) is 1. The highest BCUT2D eigenvalue weighted by molar-refractivity contribution is 6.01. The van der Waals surface area contributed by atoms with E-state index in [1.54, 1.807) is 0 Å². The second kappa shape index (κ2) is 10.0. The maximum atomic E-state index is 14.8. The molecule has 4 unspecified atom stereocenters. The number of allylic oxidation sites excluding steroid dienone is 2. The minimum atomic E-state index is -0.441. The number of fused-ring (bicyclic) bond motifs is 7. The number of ketones is 2. The second-order valence-corrected chi connectivity index (χ2v) is 16.9. The lowest BCUT2D eigenvalue weighted by molar-refractivity contribution is -0.242. The van der Waals surface area contributed by atoms with Gasteiger partial charge in [-0.05, 0) is 121 Å². The molecule has 2 N–H and O–H groups in total. The van der Waals surface area contributed by atoms with Crippen LogP contribution in [0.5, 0.6) is 0 Å². The molecular formula is C36H58O4. The summed E-state index contributed by atoms with van der Waals surface area (Å²) in [5.74, 6) is 1.62. The topological polar surface area (TPSA) is 74.6 Å². The molecule has 8 atom stereocenters. The molecule has 0 bridgehead atoms. The fourth-order valence-electron chi connectivity index (χ4n) is 12.3. The molecule has 5 rings (SSSR count). The highest BCUT2D eigenvalue weighted by Crippen LogP contribution is 2.77. The summed E-state index contributed by atoms with van der Waals surface area (Å²) >= 11 is 0. The molecule has 0 aromatic heterocycles. The van der Waals surface area contributed by atoms with Crippen LogP contribution in [0.1, 0.15) is 132 Å². The van der Waals surface area contributed by atoms with Crippen molar-refractivity contribution in [1.82, 2.24) is 0 Å². The van der Waals surface area contributed by atoms with E-state index in [-0.39, 0.29) is 69.7 Å². The zero-order chi connectivity index (χ0) is 29.4. The van der Waals surface area contributed by atoms with E-state index in [2.05, 4.69) is 54.5 Å². The Balaban J connectivity index is 1.62. The third-order valence-corrected chi connectivity index (χ3v) is 14.2. The third-order valence-electron chi connectivity index (χ3n) is 14.2. The monoisotopic (exact) mass is 554 g/mol. The van der Waals surface area contributed by atoms with E-state index in [0.29, 0.717) is 18.6 Å². The second-order valence-electron chi connectivity index (χ2n) is 16.9. The SMILES string of the molecule is CCC[C@@]12CC[C@@]3(CO)CCC(C)(C)CC3C1C(=O)CC1[C@@]3(C)C/C(=C/CCCO)C(=O)C(C)(C)C3CC[C@]12C. The number of Topliss-reactive ketones (excluding diaryl/α,β-unsaturated/α-hetero) is 2. The molecular weight excluding hydrogens is 496 g/mol. The summed E-state index contributed by atoms with van der Waals surface area (Å²) < 4.78 is 0. The van der Waals surface area contributed by atoms with E-state index in [1.165, 1.54) is 0 Å². The van der Waals surface area contributed by atoms with E-state index in [9.17, 15) is 19.8 Å². The number of carbonyl (C=O) groups is 2. The summed E-state index contributed by atoms with van der Waals surface area (Å²) in [7, 11) is 0. The van der Waals surface area contributed by atoms with Crippen LogP contribution in [0.25, 0.3) is 0 Å². The highest BCUT2D eigenvalue weighted by atomic mass is 16.3. The predicted molar refractivity (Wildman–Crippen MR) is 161 cm³/mol. The zero-order valence-electron chi connectivity index (χ0n) is 26.7. The lowest BCUT2D eigenvalue weighted by atomic mass is 9.30. The third kappa shape index (κ3) is 4.11. The standard InChI is InChI=1S/C36H58O4/c1-8-13-36-18-17-35(23-38)16-15-31(2,3)22-25(35)29(36)26(39)20-28-33(6)21-24(11-9-10-19-37)30(40)32(4,5)27(33)12-14-34(28,36)7/h11,25,27-29,37-38H,8-10,12-23H2,1-7H3/b24-11-/t25?,27?,28?,29?,33-,34+,35+,36+/m0/s1. The summed E-state index contributed by atoms with van der Waals surface area (Å²) in [6, 6.07) is 0. The van der Waals surface area contributed by atoms with Crippen molar-refractivity contribution >= 4 is 11.6 Å². The van der Waals surface area contributed by atoms with Crippen LogP contribution in [0.4, 0.5) is 0 Å². The van der Waals surface area contributed by atoms with Crippen molar-refractivity contribution in [3.05, 3.63) is 11.6 Å². The van der Waals surface area contributed by atoms with Crippen molar-refractivity contribution in [3.63, 3.8) is 0 Å². The van der Waals surface area contributed by atoms with Crippen LogP contribution in [0.2, 0.25) is 0 Å². The highest BCUT2D eigenvalue weighted by Gasteiger charge is 2.73. The molecule has 5 fully saturated rings. The van der Waals surface area contributed by atoms with Gasteiger partial charge in [0.1, 0.15) is 5.78 Å². The van der Waals surface area contributed by atoms with E-state index in [1.807, 2.05) is 0 Å². The maximum absolute atomic E-state index is 14.8. The van der Waals surface area contributed by atoms with Gasteiger partial charge in [-0.2, -0.15) is 0 Å². The minimum absolute atomic E-state index is 0.0289. The van der Waals surface area contributed by atoms with Crippen molar-refractivity contribution in [2.24, 2.45) is 56.2 Å². The van der Waals surface area contributed by atoms with Crippen LogP contribution in [-0.2, 0) is 9.59 Å². The Morgan fingerprint density at radius 2 is 1.62 bits per heavy atom. The number of aliphatic hydroxyl groups is 2. The first-order chi connectivity index (χ1) is 18.7. The molecule has 4 nitrogen and oxygen atoms in total. The average molecular weight is 555 g/mol. The van der Waals surface area contributed by atoms with Crippen molar-refractivity contribution in [3.8, 4) is 0 Å². The van der Waals surface area contributed by atoms with Gasteiger partial charge in [0.15, 0.2) is 5.78 Å². The average Bonchev–Trinajstić information content (AvgIpc) is 2.88. The molecule has 0 radical (unpaired) electrons. The van der Waals surface area contributed by atoms with Gasteiger partial charge < -0.3 is 10.2 Å². The van der Waals surface area contributed by atoms with Crippen LogP contribution < -0.4 is 0 Å². The van der Waals surface area contributed by atoms with Crippen molar-refractivity contribution in [1.29, 1.82) is 0 Å². The van der Waals surface area contributed by atoms with Crippen molar-refractivity contribution in [2.45, 2.75) is 132 Å². The first-order valence-corrected chi connectivity index (χ1v) is 16.7. The molecule has 4 heteroatoms. The Kier molecular flexibility index (Phi) is 7.64. The summed E-state index contributed by atoms with van der Waals surface area (Å²) in [6.07, 6.45) is 14.6. The van der Waals surface area contributed by atoms with Crippen molar-refractivity contribution < 1.29 is 19.8 Å². The summed E-state index contributed by atoms with van der Waals surface area (Å²) in [6.45, 7) is 16.7. The Bertz CT molecular complexity index is 1060.